The summed E-state index contributed by atoms with van der Waals surface area (Å²) in [5.41, 5.74) is 3.21. The molecule has 0 aliphatic rings. The molecule has 0 aliphatic carbocycles. The van der Waals surface area contributed by atoms with Crippen LogP contribution in [0.15, 0.2) is 36.4 Å². The lowest BCUT2D eigenvalue weighted by Gasteiger charge is -2.13. The van der Waals surface area contributed by atoms with Crippen LogP contribution in [0.2, 0.25) is 0 Å². The smallest absolute Gasteiger partial charge is 0.151 e. The lowest BCUT2D eigenvalue weighted by molar-refractivity contribution is 0.934. The van der Waals surface area contributed by atoms with Gasteiger partial charge in [0.2, 0.25) is 0 Å². The van der Waals surface area contributed by atoms with E-state index in [0.29, 0.717) is 12.4 Å². The predicted molar refractivity (Wildman–Crippen MR) is 75.7 cm³/mol. The Hall–Kier alpha value is -2.41. The zero-order valence-corrected chi connectivity index (χ0v) is 11.2. The molecule has 0 saturated heterocycles. The Morgan fingerprint density at radius 3 is 2.37 bits per heavy atom. The molecule has 1 heterocycles. The second-order valence-electron chi connectivity index (χ2n) is 4.34. The Kier molecular flexibility index (Phi) is 4.09. The van der Waals surface area contributed by atoms with E-state index in [-0.39, 0.29) is 0 Å². The van der Waals surface area contributed by atoms with Crippen LogP contribution in [0, 0.1) is 11.3 Å². The number of nitriles is 1. The number of anilines is 1. The standard InChI is InChI=1S/C15H16N4/c1-3-12-4-6-13(7-5-12)14-8-9-15(18-17-14)19(2)11-10-16/h4-9H,3,11H2,1-2H3. The molecule has 0 radical (unpaired) electrons. The van der Waals surface area contributed by atoms with Crippen molar-refractivity contribution in [1.82, 2.24) is 10.2 Å². The SMILES string of the molecule is CCc1ccc(-c2ccc(N(C)CC#N)nn2)cc1. The molecule has 0 N–H and O–H groups in total. The van der Waals surface area contributed by atoms with Gasteiger partial charge in [-0.1, -0.05) is 31.2 Å². The van der Waals surface area contributed by atoms with Gasteiger partial charge in [-0.05, 0) is 24.1 Å². The van der Waals surface area contributed by atoms with Crippen LogP contribution in [0.4, 0.5) is 5.82 Å². The largest absolute Gasteiger partial charge is 0.345 e. The van der Waals surface area contributed by atoms with Crippen molar-refractivity contribution in [3.63, 3.8) is 0 Å². The van der Waals surface area contributed by atoms with E-state index in [9.17, 15) is 0 Å². The van der Waals surface area contributed by atoms with Crippen LogP contribution < -0.4 is 4.90 Å². The fourth-order valence-corrected chi connectivity index (χ4v) is 1.78. The van der Waals surface area contributed by atoms with Crippen LogP contribution in [0.1, 0.15) is 12.5 Å². The Morgan fingerprint density at radius 2 is 1.84 bits per heavy atom. The van der Waals surface area contributed by atoms with Crippen molar-refractivity contribution in [1.29, 1.82) is 5.26 Å². The van der Waals surface area contributed by atoms with E-state index in [1.54, 1.807) is 4.90 Å². The van der Waals surface area contributed by atoms with Crippen LogP contribution in [-0.2, 0) is 6.42 Å². The number of aryl methyl sites for hydroxylation is 1. The number of rotatable bonds is 4. The van der Waals surface area contributed by atoms with Crippen molar-refractivity contribution in [3.05, 3.63) is 42.0 Å². The number of nitrogens with zero attached hydrogens (tertiary/aromatic N) is 4. The zero-order chi connectivity index (χ0) is 13.7. The van der Waals surface area contributed by atoms with Gasteiger partial charge in [0.05, 0.1) is 11.8 Å². The van der Waals surface area contributed by atoms with Gasteiger partial charge in [-0.2, -0.15) is 5.26 Å². The molecule has 4 nitrogen and oxygen atoms in total. The van der Waals surface area contributed by atoms with Crippen LogP contribution in [0.3, 0.4) is 0 Å². The molecule has 96 valence electrons. The summed E-state index contributed by atoms with van der Waals surface area (Å²) in [6.07, 6.45) is 1.03. The molecule has 0 spiro atoms. The molecule has 0 fully saturated rings. The highest BCUT2D eigenvalue weighted by atomic mass is 15.2. The summed E-state index contributed by atoms with van der Waals surface area (Å²) in [7, 11) is 1.82. The first kappa shape index (κ1) is 13.0. The first-order chi connectivity index (χ1) is 9.24. The second-order valence-corrected chi connectivity index (χ2v) is 4.34. The van der Waals surface area contributed by atoms with Gasteiger partial charge >= 0.3 is 0 Å². The number of hydrogen-bond acceptors (Lipinski definition) is 4. The fraction of sp³-hybridized carbons (Fsp3) is 0.267. The molecule has 1 aromatic heterocycles. The van der Waals surface area contributed by atoms with Gasteiger partial charge in [0.15, 0.2) is 5.82 Å². The molecule has 0 saturated carbocycles. The molecule has 19 heavy (non-hydrogen) atoms. The molecule has 2 rings (SSSR count). The van der Waals surface area contributed by atoms with Crippen LogP contribution in [-0.4, -0.2) is 23.8 Å². The molecule has 0 atom stereocenters. The average Bonchev–Trinajstić information content (AvgIpc) is 2.48. The minimum absolute atomic E-state index is 0.305. The van der Waals surface area contributed by atoms with E-state index in [1.807, 2.05) is 19.2 Å². The van der Waals surface area contributed by atoms with Crippen LogP contribution >= 0.6 is 0 Å². The third kappa shape index (κ3) is 3.08. The molecule has 4 heteroatoms. The Morgan fingerprint density at radius 1 is 1.11 bits per heavy atom. The summed E-state index contributed by atoms with van der Waals surface area (Å²) in [4.78, 5) is 1.76. The van der Waals surface area contributed by atoms with E-state index in [1.165, 1.54) is 5.56 Å². The van der Waals surface area contributed by atoms with Gasteiger partial charge in [-0.3, -0.25) is 0 Å². The highest BCUT2D eigenvalue weighted by molar-refractivity contribution is 5.60. The Labute approximate surface area is 113 Å². The molecular weight excluding hydrogens is 236 g/mol. The van der Waals surface area contributed by atoms with Gasteiger partial charge < -0.3 is 4.90 Å². The summed E-state index contributed by atoms with van der Waals surface area (Å²) in [6.45, 7) is 2.44. The van der Waals surface area contributed by atoms with E-state index in [2.05, 4.69) is 47.5 Å². The van der Waals surface area contributed by atoms with Crippen molar-refractivity contribution in [2.24, 2.45) is 0 Å². The van der Waals surface area contributed by atoms with Gasteiger partial charge in [0.25, 0.3) is 0 Å². The highest BCUT2D eigenvalue weighted by Gasteiger charge is 2.04. The average molecular weight is 252 g/mol. The first-order valence-electron chi connectivity index (χ1n) is 6.25. The lowest BCUT2D eigenvalue weighted by Crippen LogP contribution is -2.18. The quantitative estimate of drug-likeness (QED) is 0.785. The highest BCUT2D eigenvalue weighted by Crippen LogP contribution is 2.18. The zero-order valence-electron chi connectivity index (χ0n) is 11.2. The third-order valence-electron chi connectivity index (χ3n) is 3.01. The summed E-state index contributed by atoms with van der Waals surface area (Å²) >= 11 is 0. The maximum Gasteiger partial charge on any atom is 0.151 e. The molecule has 2 aromatic rings. The predicted octanol–water partition coefficient (Wildman–Crippen LogP) is 2.67. The summed E-state index contributed by atoms with van der Waals surface area (Å²) in [6, 6.07) is 14.2. The number of aromatic nitrogens is 2. The van der Waals surface area contributed by atoms with E-state index in [4.69, 9.17) is 5.26 Å². The molecule has 1 aromatic carbocycles. The topological polar surface area (TPSA) is 52.8 Å². The Bertz CT molecular complexity index is 567. The third-order valence-corrected chi connectivity index (χ3v) is 3.01. The van der Waals surface area contributed by atoms with Crippen molar-refractivity contribution in [2.45, 2.75) is 13.3 Å². The van der Waals surface area contributed by atoms with E-state index in [0.717, 1.165) is 17.7 Å². The van der Waals surface area contributed by atoms with Crippen molar-refractivity contribution < 1.29 is 0 Å². The van der Waals surface area contributed by atoms with Crippen molar-refractivity contribution in [3.8, 4) is 17.3 Å². The van der Waals surface area contributed by atoms with Crippen LogP contribution in [0.5, 0.6) is 0 Å². The van der Waals surface area contributed by atoms with E-state index < -0.39 is 0 Å². The minimum Gasteiger partial charge on any atom is -0.345 e. The second kappa shape index (κ2) is 5.96. The number of hydrogen-bond donors (Lipinski definition) is 0. The number of benzene rings is 1. The van der Waals surface area contributed by atoms with Crippen LogP contribution in [0.25, 0.3) is 11.3 Å². The normalized spacial score (nSPS) is 9.95. The van der Waals surface area contributed by atoms with Gasteiger partial charge in [-0.15, -0.1) is 10.2 Å². The monoisotopic (exact) mass is 252 g/mol. The maximum atomic E-state index is 8.64. The van der Waals surface area contributed by atoms with E-state index >= 15 is 0 Å². The minimum atomic E-state index is 0.305. The van der Waals surface area contributed by atoms with Gasteiger partial charge in [-0.25, -0.2) is 0 Å². The lowest BCUT2D eigenvalue weighted by atomic mass is 10.1. The Balaban J connectivity index is 2.20. The summed E-state index contributed by atoms with van der Waals surface area (Å²) in [5, 5.41) is 17.0. The maximum absolute atomic E-state index is 8.64. The summed E-state index contributed by atoms with van der Waals surface area (Å²) in [5.74, 6) is 0.704. The fourth-order valence-electron chi connectivity index (χ4n) is 1.78. The van der Waals surface area contributed by atoms with Gasteiger partial charge in [0.1, 0.15) is 6.54 Å². The molecule has 0 bridgehead atoms. The molecule has 0 amide bonds. The van der Waals surface area contributed by atoms with Crippen molar-refractivity contribution in [2.75, 3.05) is 18.5 Å². The molecular formula is C15H16N4. The molecule has 0 unspecified atom stereocenters. The first-order valence-corrected chi connectivity index (χ1v) is 6.25. The van der Waals surface area contributed by atoms with Gasteiger partial charge in [0, 0.05) is 12.6 Å². The summed E-state index contributed by atoms with van der Waals surface area (Å²) < 4.78 is 0. The molecule has 0 aliphatic heterocycles. The van der Waals surface area contributed by atoms with Crippen molar-refractivity contribution >= 4 is 5.82 Å².